The van der Waals surface area contributed by atoms with Gasteiger partial charge in [-0.15, -0.1) is 0 Å². The Balaban J connectivity index is 2.34. The van der Waals surface area contributed by atoms with Crippen LogP contribution >= 0.6 is 0 Å². The maximum absolute atomic E-state index is 13.4. The first kappa shape index (κ1) is 23.7. The van der Waals surface area contributed by atoms with Crippen molar-refractivity contribution >= 4 is 21.6 Å². The molecule has 0 aliphatic rings. The number of carbonyl (C=O) groups is 1. The van der Waals surface area contributed by atoms with E-state index in [-0.39, 0.29) is 17.3 Å². The summed E-state index contributed by atoms with van der Waals surface area (Å²) in [5, 5.41) is 2.81. The van der Waals surface area contributed by atoms with Crippen LogP contribution in [0.25, 0.3) is 0 Å². The molecule has 0 aliphatic heterocycles. The number of amides is 1. The van der Waals surface area contributed by atoms with E-state index in [9.17, 15) is 13.2 Å². The van der Waals surface area contributed by atoms with Crippen molar-refractivity contribution in [2.24, 2.45) is 0 Å². The molecule has 8 heteroatoms. The molecule has 1 N–H and O–H groups in total. The first-order valence-corrected chi connectivity index (χ1v) is 11.4. The number of anilines is 1. The second-order valence-corrected chi connectivity index (χ2v) is 9.09. The topological polar surface area (TPSA) is 79.0 Å². The molecule has 0 saturated carbocycles. The monoisotopic (exact) mass is 433 g/mol. The molecular formula is C22H31N3O4S. The molecule has 0 heterocycles. The number of ether oxygens (including phenoxy) is 1. The van der Waals surface area contributed by atoms with Crippen molar-refractivity contribution in [1.82, 2.24) is 10.2 Å². The van der Waals surface area contributed by atoms with Crippen molar-refractivity contribution < 1.29 is 17.9 Å². The van der Waals surface area contributed by atoms with Crippen LogP contribution in [0.3, 0.4) is 0 Å². The summed E-state index contributed by atoms with van der Waals surface area (Å²) in [6, 6.07) is 13.4. The van der Waals surface area contributed by atoms with Crippen molar-refractivity contribution in [2.75, 3.05) is 44.6 Å². The zero-order valence-corrected chi connectivity index (χ0v) is 18.9. The molecule has 0 bridgehead atoms. The Morgan fingerprint density at radius 3 is 2.37 bits per heavy atom. The third kappa shape index (κ3) is 6.47. The molecule has 0 unspecified atom stereocenters. The maximum Gasteiger partial charge on any atom is 0.264 e. The zero-order valence-electron chi connectivity index (χ0n) is 18.1. The quantitative estimate of drug-likeness (QED) is 0.551. The predicted octanol–water partition coefficient (Wildman–Crippen LogP) is 2.66. The molecule has 0 saturated heterocycles. The summed E-state index contributed by atoms with van der Waals surface area (Å²) in [5.74, 6) is 0.0480. The number of aryl methyl sites for hydroxylation is 1. The minimum atomic E-state index is -3.97. The van der Waals surface area contributed by atoms with Gasteiger partial charge in [0.15, 0.2) is 0 Å². The summed E-state index contributed by atoms with van der Waals surface area (Å²) >= 11 is 0. The van der Waals surface area contributed by atoms with Crippen LogP contribution in [0.15, 0.2) is 53.4 Å². The van der Waals surface area contributed by atoms with Gasteiger partial charge in [-0.3, -0.25) is 9.10 Å². The van der Waals surface area contributed by atoms with Crippen molar-refractivity contribution in [3.05, 3.63) is 54.1 Å². The van der Waals surface area contributed by atoms with Crippen molar-refractivity contribution in [2.45, 2.75) is 25.2 Å². The summed E-state index contributed by atoms with van der Waals surface area (Å²) in [7, 11) is -0.0452. The molecule has 1 amide bonds. The number of para-hydroxylation sites is 2. The number of sulfonamides is 1. The van der Waals surface area contributed by atoms with Crippen molar-refractivity contribution in [1.29, 1.82) is 0 Å². The Kier molecular flexibility index (Phi) is 8.68. The molecule has 7 nitrogen and oxygen atoms in total. The zero-order chi connectivity index (χ0) is 22.1. The first-order chi connectivity index (χ1) is 14.3. The number of hydrogen-bond donors (Lipinski definition) is 1. The van der Waals surface area contributed by atoms with Crippen LogP contribution in [0, 0.1) is 6.92 Å². The number of nitrogens with zero attached hydrogens (tertiary/aromatic N) is 2. The highest BCUT2D eigenvalue weighted by Gasteiger charge is 2.29. The Labute approximate surface area is 179 Å². The Hall–Kier alpha value is -2.58. The van der Waals surface area contributed by atoms with Gasteiger partial charge in [0.25, 0.3) is 10.0 Å². The Bertz CT molecular complexity index is 928. The van der Waals surface area contributed by atoms with E-state index in [0.29, 0.717) is 24.6 Å². The van der Waals surface area contributed by atoms with Gasteiger partial charge in [-0.05, 0) is 65.2 Å². The number of benzene rings is 2. The normalized spacial score (nSPS) is 11.4. The van der Waals surface area contributed by atoms with E-state index in [1.807, 2.05) is 32.8 Å². The van der Waals surface area contributed by atoms with Crippen LogP contribution in [0.5, 0.6) is 5.75 Å². The van der Waals surface area contributed by atoms with E-state index >= 15 is 0 Å². The maximum atomic E-state index is 13.4. The van der Waals surface area contributed by atoms with E-state index in [1.54, 1.807) is 48.5 Å². The van der Waals surface area contributed by atoms with Gasteiger partial charge in [0, 0.05) is 6.54 Å². The smallest absolute Gasteiger partial charge is 0.264 e. The second kappa shape index (κ2) is 11.0. The van der Waals surface area contributed by atoms with Gasteiger partial charge >= 0.3 is 0 Å². The molecule has 2 aromatic carbocycles. The minimum absolute atomic E-state index is 0.125. The van der Waals surface area contributed by atoms with Gasteiger partial charge in [-0.2, -0.15) is 0 Å². The van der Waals surface area contributed by atoms with Crippen LogP contribution in [0.4, 0.5) is 5.69 Å². The SMILES string of the molecule is CCOc1ccccc1N(CC(=O)NCCCN(C)C)S(=O)(=O)c1ccc(C)cc1. The van der Waals surface area contributed by atoms with E-state index in [2.05, 4.69) is 5.32 Å². The Morgan fingerprint density at radius 1 is 1.07 bits per heavy atom. The molecule has 0 aliphatic carbocycles. The summed E-state index contributed by atoms with van der Waals surface area (Å²) in [6.07, 6.45) is 0.777. The fraction of sp³-hybridized carbons (Fsp3) is 0.409. The molecule has 0 fully saturated rings. The highest BCUT2D eigenvalue weighted by molar-refractivity contribution is 7.92. The van der Waals surface area contributed by atoms with Crippen LogP contribution < -0.4 is 14.4 Å². The van der Waals surface area contributed by atoms with Crippen LogP contribution in [0.2, 0.25) is 0 Å². The van der Waals surface area contributed by atoms with E-state index in [0.717, 1.165) is 22.8 Å². The highest BCUT2D eigenvalue weighted by atomic mass is 32.2. The third-order valence-electron chi connectivity index (χ3n) is 4.43. The van der Waals surface area contributed by atoms with E-state index in [4.69, 9.17) is 4.74 Å². The van der Waals surface area contributed by atoms with Crippen molar-refractivity contribution in [3.63, 3.8) is 0 Å². The number of carbonyl (C=O) groups excluding carboxylic acids is 1. The van der Waals surface area contributed by atoms with Gasteiger partial charge in [-0.1, -0.05) is 29.8 Å². The summed E-state index contributed by atoms with van der Waals surface area (Å²) < 4.78 is 33.6. The number of hydrogen-bond acceptors (Lipinski definition) is 5. The van der Waals surface area contributed by atoms with Gasteiger partial charge in [0.05, 0.1) is 17.2 Å². The Morgan fingerprint density at radius 2 is 1.73 bits per heavy atom. The molecule has 0 atom stereocenters. The fourth-order valence-corrected chi connectivity index (χ4v) is 4.32. The highest BCUT2D eigenvalue weighted by Crippen LogP contribution is 2.32. The molecular weight excluding hydrogens is 402 g/mol. The lowest BCUT2D eigenvalue weighted by molar-refractivity contribution is -0.119. The fourth-order valence-electron chi connectivity index (χ4n) is 2.89. The molecule has 2 aromatic rings. The van der Waals surface area contributed by atoms with E-state index in [1.165, 1.54) is 0 Å². The second-order valence-electron chi connectivity index (χ2n) is 7.23. The van der Waals surface area contributed by atoms with Crippen LogP contribution in [0.1, 0.15) is 18.9 Å². The molecule has 0 aromatic heterocycles. The molecule has 0 spiro atoms. The summed E-state index contributed by atoms with van der Waals surface area (Å²) in [6.45, 7) is 5.07. The molecule has 164 valence electrons. The molecule has 2 rings (SSSR count). The van der Waals surface area contributed by atoms with Gasteiger partial charge in [-0.25, -0.2) is 8.42 Å². The predicted molar refractivity (Wildman–Crippen MR) is 120 cm³/mol. The van der Waals surface area contributed by atoms with Gasteiger partial charge < -0.3 is 15.0 Å². The lowest BCUT2D eigenvalue weighted by Gasteiger charge is -2.26. The van der Waals surface area contributed by atoms with Crippen molar-refractivity contribution in [3.8, 4) is 5.75 Å². The molecule has 30 heavy (non-hydrogen) atoms. The van der Waals surface area contributed by atoms with Crippen LogP contribution in [-0.4, -0.2) is 59.6 Å². The standard InChI is InChI=1S/C22H31N3O4S/c1-5-29-21-10-7-6-9-20(21)25(17-22(26)23-15-8-16-24(3)4)30(27,28)19-13-11-18(2)12-14-19/h6-7,9-14H,5,8,15-17H2,1-4H3,(H,23,26). The van der Waals surface area contributed by atoms with Crippen LogP contribution in [-0.2, 0) is 14.8 Å². The molecule has 0 radical (unpaired) electrons. The summed E-state index contributed by atoms with van der Waals surface area (Å²) in [5.41, 5.74) is 1.29. The first-order valence-electron chi connectivity index (χ1n) is 9.98. The number of rotatable bonds is 11. The summed E-state index contributed by atoms with van der Waals surface area (Å²) in [4.78, 5) is 14.8. The lowest BCUT2D eigenvalue weighted by Crippen LogP contribution is -2.41. The average molecular weight is 434 g/mol. The largest absolute Gasteiger partial charge is 0.492 e. The number of nitrogens with one attached hydrogen (secondary N) is 1. The minimum Gasteiger partial charge on any atom is -0.492 e. The third-order valence-corrected chi connectivity index (χ3v) is 6.21. The van der Waals surface area contributed by atoms with Gasteiger partial charge in [0.2, 0.25) is 5.91 Å². The average Bonchev–Trinajstić information content (AvgIpc) is 2.70. The van der Waals surface area contributed by atoms with E-state index < -0.39 is 10.0 Å². The lowest BCUT2D eigenvalue weighted by atomic mass is 10.2. The van der Waals surface area contributed by atoms with Gasteiger partial charge in [0.1, 0.15) is 12.3 Å².